The van der Waals surface area contributed by atoms with Crippen LogP contribution in [0, 0.1) is 0 Å². The molecule has 7 heteroatoms. The molecule has 1 heterocycles. The van der Waals surface area contributed by atoms with E-state index in [1.54, 1.807) is 19.1 Å². The van der Waals surface area contributed by atoms with Crippen LogP contribution in [0.5, 0.6) is 5.75 Å². The minimum atomic E-state index is -4.39. The molecule has 3 aromatic carbocycles. The zero-order valence-corrected chi connectivity index (χ0v) is 18.8. The topological polar surface area (TPSA) is 58.1 Å². The molecule has 0 bridgehead atoms. The Hall–Kier alpha value is -3.32. The largest absolute Gasteiger partial charge is 0.481 e. The molecule has 34 heavy (non-hydrogen) atoms. The van der Waals surface area contributed by atoms with Gasteiger partial charge in [0.1, 0.15) is 11.6 Å². The maximum absolute atomic E-state index is 12.7. The SMILES string of the molecule is CC(O)c1ccccc1-c1ccc2[nH]c(C3CC3c3ccc(OC(C)C(F)(F)F)cc3)nc2c1. The lowest BCUT2D eigenvalue weighted by atomic mass is 9.96. The maximum Gasteiger partial charge on any atom is 0.425 e. The van der Waals surface area contributed by atoms with Crippen molar-refractivity contribution in [3.63, 3.8) is 0 Å². The molecule has 4 nitrogen and oxygen atoms in total. The van der Waals surface area contributed by atoms with Crippen molar-refractivity contribution in [2.75, 3.05) is 0 Å². The molecule has 0 amide bonds. The van der Waals surface area contributed by atoms with Crippen molar-refractivity contribution >= 4 is 11.0 Å². The number of ether oxygens (including phenoxy) is 1. The highest BCUT2D eigenvalue weighted by molar-refractivity contribution is 5.83. The van der Waals surface area contributed by atoms with Crippen molar-refractivity contribution in [2.45, 2.75) is 50.5 Å². The molecule has 1 aromatic heterocycles. The van der Waals surface area contributed by atoms with E-state index < -0.39 is 18.4 Å². The minimum absolute atomic E-state index is 0.208. The number of aliphatic hydroxyl groups is 1. The lowest BCUT2D eigenvalue weighted by Gasteiger charge is -2.17. The first-order valence-corrected chi connectivity index (χ1v) is 11.3. The molecular weight excluding hydrogens is 441 g/mol. The maximum atomic E-state index is 12.7. The van der Waals surface area contributed by atoms with Gasteiger partial charge in [-0.1, -0.05) is 42.5 Å². The number of nitrogens with zero attached hydrogens (tertiary/aromatic N) is 1. The predicted octanol–water partition coefficient (Wildman–Crippen LogP) is 6.88. The van der Waals surface area contributed by atoms with E-state index in [1.807, 2.05) is 54.6 Å². The Morgan fingerprint density at radius 2 is 1.74 bits per heavy atom. The summed E-state index contributed by atoms with van der Waals surface area (Å²) >= 11 is 0. The third kappa shape index (κ3) is 4.40. The molecule has 1 aliphatic carbocycles. The number of halogens is 3. The summed E-state index contributed by atoms with van der Waals surface area (Å²) in [4.78, 5) is 8.24. The van der Waals surface area contributed by atoms with Crippen LogP contribution >= 0.6 is 0 Å². The first-order chi connectivity index (χ1) is 16.2. The van der Waals surface area contributed by atoms with Gasteiger partial charge in [-0.3, -0.25) is 0 Å². The van der Waals surface area contributed by atoms with Gasteiger partial charge >= 0.3 is 6.18 Å². The molecule has 176 valence electrons. The summed E-state index contributed by atoms with van der Waals surface area (Å²) in [7, 11) is 0. The molecule has 1 aliphatic rings. The zero-order valence-electron chi connectivity index (χ0n) is 18.8. The fraction of sp³-hybridized carbons (Fsp3) is 0.296. The van der Waals surface area contributed by atoms with Gasteiger partial charge in [-0.15, -0.1) is 0 Å². The zero-order chi connectivity index (χ0) is 24.0. The average molecular weight is 467 g/mol. The lowest BCUT2D eigenvalue weighted by Crippen LogP contribution is -2.31. The number of hydrogen-bond donors (Lipinski definition) is 2. The van der Waals surface area contributed by atoms with E-state index in [0.717, 1.165) is 52.5 Å². The summed E-state index contributed by atoms with van der Waals surface area (Å²) in [5, 5.41) is 10.1. The number of benzene rings is 3. The van der Waals surface area contributed by atoms with Crippen LogP contribution in [-0.2, 0) is 0 Å². The molecule has 4 unspecified atom stereocenters. The average Bonchev–Trinajstić information content (AvgIpc) is 3.49. The Labute approximate surface area is 195 Å². The molecule has 4 atom stereocenters. The standard InChI is InChI=1S/C27H25F3N2O2/c1-15(33)20-5-3-4-6-21(20)18-9-12-24-25(13-18)32-26(31-24)23-14-22(23)17-7-10-19(11-8-17)34-16(2)27(28,29)30/h3-13,15-16,22-23,33H,14H2,1-2H3,(H,31,32). The van der Waals surface area contributed by atoms with Gasteiger partial charge in [0.25, 0.3) is 0 Å². The Kier molecular flexibility index (Phi) is 5.60. The van der Waals surface area contributed by atoms with Crippen molar-refractivity contribution in [1.29, 1.82) is 0 Å². The van der Waals surface area contributed by atoms with Crippen molar-refractivity contribution in [3.05, 3.63) is 83.7 Å². The van der Waals surface area contributed by atoms with Crippen LogP contribution in [0.15, 0.2) is 66.7 Å². The van der Waals surface area contributed by atoms with E-state index in [0.29, 0.717) is 0 Å². The van der Waals surface area contributed by atoms with Crippen LogP contribution in [0.2, 0.25) is 0 Å². The number of hydrogen-bond acceptors (Lipinski definition) is 3. The second-order valence-electron chi connectivity index (χ2n) is 8.94. The highest BCUT2D eigenvalue weighted by Crippen LogP contribution is 2.54. The van der Waals surface area contributed by atoms with Crippen LogP contribution in [0.25, 0.3) is 22.2 Å². The Bertz CT molecular complexity index is 1310. The van der Waals surface area contributed by atoms with Crippen molar-refractivity contribution in [3.8, 4) is 16.9 Å². The number of aromatic nitrogens is 2. The van der Waals surface area contributed by atoms with Crippen LogP contribution < -0.4 is 4.74 Å². The Morgan fingerprint density at radius 3 is 2.44 bits per heavy atom. The highest BCUT2D eigenvalue weighted by Gasteiger charge is 2.42. The van der Waals surface area contributed by atoms with Gasteiger partial charge in [-0.25, -0.2) is 4.98 Å². The van der Waals surface area contributed by atoms with Gasteiger partial charge < -0.3 is 14.8 Å². The monoisotopic (exact) mass is 466 g/mol. The van der Waals surface area contributed by atoms with E-state index in [2.05, 4.69) is 4.98 Å². The molecular formula is C27H25F3N2O2. The van der Waals surface area contributed by atoms with Crippen molar-refractivity contribution in [1.82, 2.24) is 9.97 Å². The van der Waals surface area contributed by atoms with Gasteiger partial charge in [0.2, 0.25) is 0 Å². The fourth-order valence-electron chi connectivity index (χ4n) is 4.42. The molecule has 4 aromatic rings. The summed E-state index contributed by atoms with van der Waals surface area (Å²) in [5.74, 6) is 1.62. The molecule has 5 rings (SSSR count). The number of fused-ring (bicyclic) bond motifs is 1. The first-order valence-electron chi connectivity index (χ1n) is 11.3. The minimum Gasteiger partial charge on any atom is -0.481 e. The van der Waals surface area contributed by atoms with Gasteiger partial charge in [0.15, 0.2) is 6.10 Å². The molecule has 0 aliphatic heterocycles. The van der Waals surface area contributed by atoms with E-state index in [4.69, 9.17) is 9.72 Å². The van der Waals surface area contributed by atoms with Crippen molar-refractivity contribution in [2.24, 2.45) is 0 Å². The first kappa shape index (κ1) is 22.5. The molecule has 0 saturated heterocycles. The van der Waals surface area contributed by atoms with E-state index in [9.17, 15) is 18.3 Å². The lowest BCUT2D eigenvalue weighted by molar-refractivity contribution is -0.189. The third-order valence-corrected chi connectivity index (χ3v) is 6.45. The summed E-state index contributed by atoms with van der Waals surface area (Å²) in [6.07, 6.45) is -5.88. The van der Waals surface area contributed by atoms with Gasteiger partial charge in [0.05, 0.1) is 17.1 Å². The van der Waals surface area contributed by atoms with E-state index >= 15 is 0 Å². The van der Waals surface area contributed by atoms with E-state index in [-0.39, 0.29) is 17.6 Å². The number of aromatic amines is 1. The summed E-state index contributed by atoms with van der Waals surface area (Å²) in [5.41, 5.74) is 5.72. The molecule has 2 N–H and O–H groups in total. The summed E-state index contributed by atoms with van der Waals surface area (Å²) < 4.78 is 43.1. The number of imidazole rings is 1. The number of nitrogens with one attached hydrogen (secondary N) is 1. The molecule has 1 fully saturated rings. The summed E-state index contributed by atoms with van der Waals surface area (Å²) in [6.45, 7) is 2.76. The Balaban J connectivity index is 1.33. The quantitative estimate of drug-likeness (QED) is 0.326. The highest BCUT2D eigenvalue weighted by atomic mass is 19.4. The molecule has 0 spiro atoms. The van der Waals surface area contributed by atoms with Crippen molar-refractivity contribution < 1.29 is 23.0 Å². The Morgan fingerprint density at radius 1 is 1.00 bits per heavy atom. The second-order valence-corrected chi connectivity index (χ2v) is 8.94. The number of alkyl halides is 3. The van der Waals surface area contributed by atoms with Crippen LogP contribution in [-0.4, -0.2) is 27.4 Å². The van der Waals surface area contributed by atoms with Crippen LogP contribution in [0.3, 0.4) is 0 Å². The summed E-state index contributed by atoms with van der Waals surface area (Å²) in [6, 6.07) is 20.7. The number of H-pyrrole nitrogens is 1. The van der Waals surface area contributed by atoms with Crippen LogP contribution in [0.4, 0.5) is 13.2 Å². The fourth-order valence-corrected chi connectivity index (χ4v) is 4.42. The smallest absolute Gasteiger partial charge is 0.425 e. The molecule has 1 saturated carbocycles. The van der Waals surface area contributed by atoms with Gasteiger partial charge in [-0.2, -0.15) is 13.2 Å². The third-order valence-electron chi connectivity index (χ3n) is 6.45. The second kappa shape index (κ2) is 8.47. The van der Waals surface area contributed by atoms with E-state index in [1.165, 1.54) is 0 Å². The van der Waals surface area contributed by atoms with Crippen LogP contribution in [0.1, 0.15) is 55.2 Å². The predicted molar refractivity (Wildman–Crippen MR) is 125 cm³/mol. The van der Waals surface area contributed by atoms with Gasteiger partial charge in [0, 0.05) is 5.92 Å². The molecule has 0 radical (unpaired) electrons. The normalized spacial score (nSPS) is 19.7. The number of aliphatic hydroxyl groups excluding tert-OH is 1. The number of rotatable bonds is 6. The van der Waals surface area contributed by atoms with Gasteiger partial charge in [-0.05, 0) is 72.7 Å².